The molecule has 1 aromatic heterocycles. The van der Waals surface area contributed by atoms with Crippen molar-refractivity contribution in [1.82, 2.24) is 9.88 Å². The summed E-state index contributed by atoms with van der Waals surface area (Å²) in [6.07, 6.45) is 1.45. The number of hydrogen-bond donors (Lipinski definition) is 1. The van der Waals surface area contributed by atoms with Gasteiger partial charge in [-0.15, -0.1) is 0 Å². The zero-order valence-corrected chi connectivity index (χ0v) is 14.8. The van der Waals surface area contributed by atoms with E-state index in [2.05, 4.69) is 9.88 Å². The lowest BCUT2D eigenvalue weighted by Gasteiger charge is -2.41. The number of rotatable bonds is 3. The highest BCUT2D eigenvalue weighted by Crippen LogP contribution is 2.21. The van der Waals surface area contributed by atoms with Gasteiger partial charge in [0, 0.05) is 43.6 Å². The van der Waals surface area contributed by atoms with Crippen molar-refractivity contribution in [3.05, 3.63) is 64.1 Å². The van der Waals surface area contributed by atoms with Gasteiger partial charge in [0.25, 0.3) is 5.91 Å². The number of anilines is 1. The zero-order chi connectivity index (χ0) is 18.7. The first-order chi connectivity index (χ1) is 12.5. The van der Waals surface area contributed by atoms with E-state index in [1.165, 1.54) is 19.4 Å². The number of nitrogens with zero attached hydrogens (tertiary/aromatic N) is 2. The van der Waals surface area contributed by atoms with Crippen LogP contribution >= 0.6 is 0 Å². The minimum Gasteiger partial charge on any atom is -0.465 e. The summed E-state index contributed by atoms with van der Waals surface area (Å²) in [6.45, 7) is 3.96. The van der Waals surface area contributed by atoms with Crippen LogP contribution in [-0.4, -0.2) is 54.5 Å². The zero-order valence-electron chi connectivity index (χ0n) is 14.8. The molecule has 7 heteroatoms. The van der Waals surface area contributed by atoms with Crippen LogP contribution in [0.25, 0.3) is 0 Å². The average molecular weight is 355 g/mol. The Morgan fingerprint density at radius 2 is 1.77 bits per heavy atom. The summed E-state index contributed by atoms with van der Waals surface area (Å²) in [4.78, 5) is 41.9. The van der Waals surface area contributed by atoms with Crippen LogP contribution in [0, 0.1) is 0 Å². The minimum atomic E-state index is -0.360. The number of methoxy groups -OCH3 is 1. The number of carbonyl (C=O) groups is 2. The number of ether oxygens (including phenoxy) is 1. The topological polar surface area (TPSA) is 82.7 Å². The standard InChI is InChI=1S/C19H21N3O4/c1-13-12-21(16-6-3-14(4-7-16)19(25)26-2)9-10-22(13)18(24)15-5-8-17(23)20-11-15/h3-8,11,13H,9-10,12H2,1-2H3,(H,20,23)/t13-/m1/s1. The second kappa shape index (κ2) is 7.43. The molecule has 1 atom stereocenters. The maximum atomic E-state index is 12.7. The van der Waals surface area contributed by atoms with Crippen LogP contribution in [0.5, 0.6) is 0 Å². The van der Waals surface area contributed by atoms with Gasteiger partial charge in [0.2, 0.25) is 5.56 Å². The van der Waals surface area contributed by atoms with E-state index in [9.17, 15) is 14.4 Å². The van der Waals surface area contributed by atoms with Crippen LogP contribution in [-0.2, 0) is 4.74 Å². The Hall–Kier alpha value is -3.09. The van der Waals surface area contributed by atoms with Gasteiger partial charge in [-0.1, -0.05) is 0 Å². The molecule has 1 amide bonds. The van der Waals surface area contributed by atoms with Crippen molar-refractivity contribution in [2.24, 2.45) is 0 Å². The number of pyridine rings is 1. The SMILES string of the molecule is COC(=O)c1ccc(N2CCN(C(=O)c3ccc(=O)[nH]c3)[C@H](C)C2)cc1. The van der Waals surface area contributed by atoms with E-state index >= 15 is 0 Å². The van der Waals surface area contributed by atoms with E-state index in [4.69, 9.17) is 4.74 Å². The van der Waals surface area contributed by atoms with Crippen molar-refractivity contribution in [3.8, 4) is 0 Å². The summed E-state index contributed by atoms with van der Waals surface area (Å²) < 4.78 is 4.71. The fraction of sp³-hybridized carbons (Fsp3) is 0.316. The molecule has 1 saturated heterocycles. The molecule has 0 unspecified atom stereocenters. The number of esters is 1. The third-order valence-electron chi connectivity index (χ3n) is 4.57. The lowest BCUT2D eigenvalue weighted by Crippen LogP contribution is -2.54. The number of piperazine rings is 1. The third-order valence-corrected chi connectivity index (χ3v) is 4.57. The molecular weight excluding hydrogens is 334 g/mol. The number of hydrogen-bond acceptors (Lipinski definition) is 5. The highest BCUT2D eigenvalue weighted by atomic mass is 16.5. The molecule has 1 aliphatic rings. The summed E-state index contributed by atoms with van der Waals surface area (Å²) in [7, 11) is 1.36. The van der Waals surface area contributed by atoms with Gasteiger partial charge >= 0.3 is 5.97 Å². The van der Waals surface area contributed by atoms with E-state index in [1.807, 2.05) is 24.0 Å². The van der Waals surface area contributed by atoms with Crippen molar-refractivity contribution in [2.45, 2.75) is 13.0 Å². The first-order valence-corrected chi connectivity index (χ1v) is 8.42. The molecular formula is C19H21N3O4. The molecule has 0 bridgehead atoms. The highest BCUT2D eigenvalue weighted by Gasteiger charge is 2.28. The van der Waals surface area contributed by atoms with Crippen molar-refractivity contribution in [1.29, 1.82) is 0 Å². The van der Waals surface area contributed by atoms with E-state index in [0.29, 0.717) is 30.8 Å². The Bertz CT molecular complexity index is 839. The van der Waals surface area contributed by atoms with Crippen LogP contribution in [0.2, 0.25) is 0 Å². The number of benzene rings is 1. The molecule has 3 rings (SSSR count). The van der Waals surface area contributed by atoms with Crippen LogP contribution in [0.3, 0.4) is 0 Å². The Labute approximate surface area is 151 Å². The summed E-state index contributed by atoms with van der Waals surface area (Å²) in [5, 5.41) is 0. The Morgan fingerprint density at radius 3 is 2.35 bits per heavy atom. The van der Waals surface area contributed by atoms with Gasteiger partial charge in [0.15, 0.2) is 0 Å². The number of aromatic amines is 1. The molecule has 0 radical (unpaired) electrons. The van der Waals surface area contributed by atoms with Gasteiger partial charge in [-0.05, 0) is 37.3 Å². The fourth-order valence-electron chi connectivity index (χ4n) is 3.13. The van der Waals surface area contributed by atoms with Crippen molar-refractivity contribution < 1.29 is 14.3 Å². The van der Waals surface area contributed by atoms with Gasteiger partial charge in [0.05, 0.1) is 18.2 Å². The highest BCUT2D eigenvalue weighted by molar-refractivity contribution is 5.94. The number of amides is 1. The number of aromatic nitrogens is 1. The van der Waals surface area contributed by atoms with Gasteiger partial charge in [0.1, 0.15) is 0 Å². The second-order valence-electron chi connectivity index (χ2n) is 6.27. The van der Waals surface area contributed by atoms with Gasteiger partial charge in [-0.25, -0.2) is 4.79 Å². The van der Waals surface area contributed by atoms with Crippen LogP contribution in [0.15, 0.2) is 47.4 Å². The minimum absolute atomic E-state index is 0.0171. The van der Waals surface area contributed by atoms with E-state index in [0.717, 1.165) is 5.69 Å². The number of carbonyl (C=O) groups excluding carboxylic acids is 2. The summed E-state index contributed by atoms with van der Waals surface area (Å²) >= 11 is 0. The molecule has 2 aromatic rings. The monoisotopic (exact) mass is 355 g/mol. The molecule has 1 fully saturated rings. The van der Waals surface area contributed by atoms with Crippen LogP contribution in [0.4, 0.5) is 5.69 Å². The maximum absolute atomic E-state index is 12.7. The first kappa shape index (κ1) is 17.7. The molecule has 1 aromatic carbocycles. The van der Waals surface area contributed by atoms with E-state index in [1.54, 1.807) is 18.2 Å². The largest absolute Gasteiger partial charge is 0.465 e. The summed E-state index contributed by atoms with van der Waals surface area (Å²) in [5.74, 6) is -0.448. The third kappa shape index (κ3) is 3.61. The maximum Gasteiger partial charge on any atom is 0.337 e. The van der Waals surface area contributed by atoms with Crippen molar-refractivity contribution in [3.63, 3.8) is 0 Å². The molecule has 2 heterocycles. The predicted octanol–water partition coefficient (Wildman–Crippen LogP) is 1.51. The van der Waals surface area contributed by atoms with Crippen LogP contribution < -0.4 is 10.5 Å². The van der Waals surface area contributed by atoms with E-state index in [-0.39, 0.29) is 23.5 Å². The lowest BCUT2D eigenvalue weighted by molar-refractivity contribution is 0.0599. The average Bonchev–Trinajstić information content (AvgIpc) is 2.67. The van der Waals surface area contributed by atoms with Crippen molar-refractivity contribution >= 4 is 17.6 Å². The number of H-pyrrole nitrogens is 1. The summed E-state index contributed by atoms with van der Waals surface area (Å²) in [6, 6.07) is 10.2. The van der Waals surface area contributed by atoms with Crippen LogP contribution in [0.1, 0.15) is 27.6 Å². The molecule has 1 N–H and O–H groups in total. The molecule has 7 nitrogen and oxygen atoms in total. The van der Waals surface area contributed by atoms with Gasteiger partial charge in [-0.2, -0.15) is 0 Å². The second-order valence-corrected chi connectivity index (χ2v) is 6.27. The summed E-state index contributed by atoms with van der Waals surface area (Å²) in [5.41, 5.74) is 1.76. The van der Waals surface area contributed by atoms with E-state index < -0.39 is 0 Å². The van der Waals surface area contributed by atoms with Gasteiger partial charge in [-0.3, -0.25) is 9.59 Å². The predicted molar refractivity (Wildman–Crippen MR) is 97.6 cm³/mol. The molecule has 26 heavy (non-hydrogen) atoms. The molecule has 0 spiro atoms. The van der Waals surface area contributed by atoms with Crippen molar-refractivity contribution in [2.75, 3.05) is 31.6 Å². The normalized spacial score (nSPS) is 17.1. The lowest BCUT2D eigenvalue weighted by atomic mass is 10.1. The van der Waals surface area contributed by atoms with Gasteiger partial charge < -0.3 is 19.5 Å². The quantitative estimate of drug-likeness (QED) is 0.844. The molecule has 136 valence electrons. The fourth-order valence-corrected chi connectivity index (χ4v) is 3.13. The Balaban J connectivity index is 1.68. The molecule has 0 aliphatic carbocycles. The smallest absolute Gasteiger partial charge is 0.337 e. The molecule has 0 saturated carbocycles. The Morgan fingerprint density at radius 1 is 1.08 bits per heavy atom. The first-order valence-electron chi connectivity index (χ1n) is 8.42. The molecule has 1 aliphatic heterocycles. The Kier molecular flexibility index (Phi) is 5.06. The number of nitrogens with one attached hydrogen (secondary N) is 1.